The number of amides is 1. The first-order chi connectivity index (χ1) is 14.5. The van der Waals surface area contributed by atoms with Crippen LogP contribution in [0.1, 0.15) is 24.2 Å². The van der Waals surface area contributed by atoms with Crippen LogP contribution in [0.15, 0.2) is 71.3 Å². The summed E-state index contributed by atoms with van der Waals surface area (Å²) in [6.45, 7) is 3.78. The van der Waals surface area contributed by atoms with Crippen LogP contribution in [-0.4, -0.2) is 26.8 Å². The minimum atomic E-state index is -0.399. The van der Waals surface area contributed by atoms with Gasteiger partial charge in [0.25, 0.3) is 5.91 Å². The van der Waals surface area contributed by atoms with Crippen LogP contribution in [0.4, 0.5) is 10.1 Å². The van der Waals surface area contributed by atoms with Crippen LogP contribution >= 0.6 is 0 Å². The first-order valence-electron chi connectivity index (χ1n) is 9.34. The Hall–Kier alpha value is -3.94. The van der Waals surface area contributed by atoms with Crippen molar-refractivity contribution >= 4 is 11.6 Å². The molecule has 0 atom stereocenters. The van der Waals surface area contributed by atoms with E-state index < -0.39 is 5.82 Å². The number of nitrogens with one attached hydrogen (secondary N) is 1. The van der Waals surface area contributed by atoms with Crippen LogP contribution in [0.2, 0.25) is 0 Å². The number of aromatic nitrogens is 3. The van der Waals surface area contributed by atoms with Crippen molar-refractivity contribution in [2.75, 3.05) is 5.32 Å². The first kappa shape index (κ1) is 19.4. The number of ether oxygens (including phenoxy) is 1. The Bertz CT molecular complexity index is 1150. The van der Waals surface area contributed by atoms with Crippen molar-refractivity contribution in [2.24, 2.45) is 0 Å². The normalized spacial score (nSPS) is 10.9. The van der Waals surface area contributed by atoms with Gasteiger partial charge in [0.2, 0.25) is 5.82 Å². The van der Waals surface area contributed by atoms with Crippen molar-refractivity contribution in [3.8, 4) is 23.3 Å². The summed E-state index contributed by atoms with van der Waals surface area (Å²) in [5.41, 5.74) is 1.56. The molecule has 0 aliphatic carbocycles. The second-order valence-electron chi connectivity index (χ2n) is 6.79. The smallest absolute Gasteiger partial charge is 0.336 e. The molecule has 0 unspecified atom stereocenters. The SMILES string of the molecule is CC(C)Oc1nc(-c2ccco2)n(-c2cccc(NC(=O)c3ccc(F)cc3)c2)n1. The summed E-state index contributed by atoms with van der Waals surface area (Å²) in [6, 6.07) is 16.2. The van der Waals surface area contributed by atoms with E-state index in [1.165, 1.54) is 24.3 Å². The third-order valence-corrected chi connectivity index (χ3v) is 4.13. The number of furan rings is 1. The minimum Gasteiger partial charge on any atom is -0.461 e. The summed E-state index contributed by atoms with van der Waals surface area (Å²) < 4.78 is 25.8. The van der Waals surface area contributed by atoms with Crippen molar-refractivity contribution in [3.05, 3.63) is 78.3 Å². The maximum Gasteiger partial charge on any atom is 0.336 e. The summed E-state index contributed by atoms with van der Waals surface area (Å²) in [7, 11) is 0. The third-order valence-electron chi connectivity index (χ3n) is 4.13. The zero-order chi connectivity index (χ0) is 21.1. The molecule has 0 aliphatic heterocycles. The van der Waals surface area contributed by atoms with E-state index in [4.69, 9.17) is 9.15 Å². The number of carbonyl (C=O) groups is 1. The lowest BCUT2D eigenvalue weighted by molar-refractivity contribution is 0.102. The molecule has 7 nitrogen and oxygen atoms in total. The van der Waals surface area contributed by atoms with Crippen molar-refractivity contribution in [2.45, 2.75) is 20.0 Å². The highest BCUT2D eigenvalue weighted by atomic mass is 19.1. The number of halogens is 1. The van der Waals surface area contributed by atoms with Gasteiger partial charge in [-0.3, -0.25) is 4.79 Å². The summed E-state index contributed by atoms with van der Waals surface area (Å²) in [5.74, 6) is 0.255. The fourth-order valence-electron chi connectivity index (χ4n) is 2.82. The molecule has 2 heterocycles. The highest BCUT2D eigenvalue weighted by Gasteiger charge is 2.18. The molecule has 152 valence electrons. The van der Waals surface area contributed by atoms with Crippen molar-refractivity contribution < 1.29 is 18.3 Å². The Morgan fingerprint density at radius 1 is 1.13 bits per heavy atom. The van der Waals surface area contributed by atoms with Gasteiger partial charge < -0.3 is 14.5 Å². The van der Waals surface area contributed by atoms with Crippen LogP contribution in [0.5, 0.6) is 6.01 Å². The molecule has 4 aromatic rings. The van der Waals surface area contributed by atoms with Crippen LogP contribution in [0.25, 0.3) is 17.3 Å². The third kappa shape index (κ3) is 4.22. The van der Waals surface area contributed by atoms with Crippen LogP contribution in [-0.2, 0) is 0 Å². The second-order valence-corrected chi connectivity index (χ2v) is 6.79. The second kappa shape index (κ2) is 8.20. The molecule has 0 saturated heterocycles. The van der Waals surface area contributed by atoms with Gasteiger partial charge in [-0.25, -0.2) is 9.07 Å². The van der Waals surface area contributed by atoms with Gasteiger partial charge in [0.1, 0.15) is 5.82 Å². The quantitative estimate of drug-likeness (QED) is 0.502. The molecule has 0 bridgehead atoms. The Morgan fingerprint density at radius 3 is 2.63 bits per heavy atom. The Morgan fingerprint density at radius 2 is 1.93 bits per heavy atom. The highest BCUT2D eigenvalue weighted by Crippen LogP contribution is 2.25. The van der Waals surface area contributed by atoms with Gasteiger partial charge in [-0.1, -0.05) is 6.07 Å². The number of hydrogen-bond acceptors (Lipinski definition) is 5. The predicted octanol–water partition coefficient (Wildman–Crippen LogP) is 4.71. The number of rotatable bonds is 6. The van der Waals surface area contributed by atoms with Gasteiger partial charge in [-0.2, -0.15) is 4.98 Å². The molecular formula is C22H19FN4O3. The summed E-state index contributed by atoms with van der Waals surface area (Å²) in [6.07, 6.45) is 1.46. The zero-order valence-electron chi connectivity index (χ0n) is 16.4. The number of benzene rings is 2. The standard InChI is InChI=1S/C22H19FN4O3/c1-14(2)30-22-25-20(19-7-4-12-29-19)27(26-22)18-6-3-5-17(13-18)24-21(28)15-8-10-16(23)11-9-15/h3-14H,1-2H3,(H,24,28). The van der Waals surface area contributed by atoms with E-state index >= 15 is 0 Å². The fourth-order valence-corrected chi connectivity index (χ4v) is 2.82. The van der Waals surface area contributed by atoms with Crippen molar-refractivity contribution in [1.82, 2.24) is 14.8 Å². The van der Waals surface area contributed by atoms with Gasteiger partial charge in [0.15, 0.2) is 5.76 Å². The minimum absolute atomic E-state index is 0.0911. The van der Waals surface area contributed by atoms with E-state index in [2.05, 4.69) is 15.4 Å². The van der Waals surface area contributed by atoms with E-state index in [9.17, 15) is 9.18 Å². The fraction of sp³-hybridized carbons (Fsp3) is 0.136. The zero-order valence-corrected chi connectivity index (χ0v) is 16.4. The molecule has 8 heteroatoms. The lowest BCUT2D eigenvalue weighted by Crippen LogP contribution is -2.12. The van der Waals surface area contributed by atoms with Crippen molar-refractivity contribution in [1.29, 1.82) is 0 Å². The molecule has 1 N–H and O–H groups in total. The molecule has 0 spiro atoms. The number of anilines is 1. The highest BCUT2D eigenvalue weighted by molar-refractivity contribution is 6.04. The molecular weight excluding hydrogens is 387 g/mol. The Balaban J connectivity index is 1.65. The summed E-state index contributed by atoms with van der Waals surface area (Å²) in [4.78, 5) is 16.9. The topological polar surface area (TPSA) is 82.2 Å². The first-order valence-corrected chi connectivity index (χ1v) is 9.34. The number of hydrogen-bond donors (Lipinski definition) is 1. The van der Waals surface area contributed by atoms with Gasteiger partial charge in [0.05, 0.1) is 18.1 Å². The van der Waals surface area contributed by atoms with E-state index in [-0.39, 0.29) is 18.0 Å². The average Bonchev–Trinajstić information content (AvgIpc) is 3.38. The average molecular weight is 406 g/mol. The van der Waals surface area contributed by atoms with E-state index in [1.807, 2.05) is 19.9 Å². The van der Waals surface area contributed by atoms with Gasteiger partial charge in [0, 0.05) is 11.3 Å². The van der Waals surface area contributed by atoms with E-state index in [0.717, 1.165) is 0 Å². The lowest BCUT2D eigenvalue weighted by atomic mass is 10.2. The molecule has 0 aliphatic rings. The van der Waals surface area contributed by atoms with E-state index in [1.54, 1.807) is 41.3 Å². The Kier molecular flexibility index (Phi) is 5.30. The molecule has 4 rings (SSSR count). The lowest BCUT2D eigenvalue weighted by Gasteiger charge is -2.09. The summed E-state index contributed by atoms with van der Waals surface area (Å²) in [5, 5.41) is 7.24. The van der Waals surface area contributed by atoms with Crippen LogP contribution in [0.3, 0.4) is 0 Å². The molecule has 2 aromatic carbocycles. The van der Waals surface area contributed by atoms with Crippen molar-refractivity contribution in [3.63, 3.8) is 0 Å². The van der Waals surface area contributed by atoms with E-state index in [0.29, 0.717) is 28.5 Å². The number of nitrogens with zero attached hydrogens (tertiary/aromatic N) is 3. The number of carbonyl (C=O) groups excluding carboxylic acids is 1. The molecule has 0 saturated carbocycles. The van der Waals surface area contributed by atoms with Crippen LogP contribution in [0, 0.1) is 5.82 Å². The predicted molar refractivity (Wildman–Crippen MR) is 109 cm³/mol. The molecule has 0 fully saturated rings. The maximum absolute atomic E-state index is 13.1. The summed E-state index contributed by atoms with van der Waals surface area (Å²) >= 11 is 0. The maximum atomic E-state index is 13.1. The molecule has 2 aromatic heterocycles. The molecule has 1 amide bonds. The monoisotopic (exact) mass is 406 g/mol. The van der Waals surface area contributed by atoms with Gasteiger partial charge >= 0.3 is 6.01 Å². The van der Waals surface area contributed by atoms with Gasteiger partial charge in [-0.05, 0) is 68.4 Å². The molecule has 0 radical (unpaired) electrons. The largest absolute Gasteiger partial charge is 0.461 e. The van der Waals surface area contributed by atoms with Gasteiger partial charge in [-0.15, -0.1) is 5.10 Å². The molecule has 30 heavy (non-hydrogen) atoms. The Labute approximate surface area is 172 Å². The van der Waals surface area contributed by atoms with Crippen LogP contribution < -0.4 is 10.1 Å².